The highest BCUT2D eigenvalue weighted by atomic mass is 32.1. The number of anilines is 2. The van der Waals surface area contributed by atoms with Crippen molar-refractivity contribution in [1.29, 1.82) is 0 Å². The van der Waals surface area contributed by atoms with Crippen LogP contribution in [0.3, 0.4) is 0 Å². The fourth-order valence-electron chi connectivity index (χ4n) is 2.14. The number of hydrogen-bond acceptors (Lipinski definition) is 4. The molecule has 0 unspecified atom stereocenters. The van der Waals surface area contributed by atoms with Crippen LogP contribution in [0, 0.1) is 12.7 Å². The number of amides is 2. The molecule has 25 heavy (non-hydrogen) atoms. The number of nitrogens with zero attached hydrogens (tertiary/aromatic N) is 1. The Bertz CT molecular complexity index is 908. The van der Waals surface area contributed by atoms with Crippen LogP contribution in [0.4, 0.5) is 15.2 Å². The van der Waals surface area contributed by atoms with E-state index in [1.165, 1.54) is 24.3 Å². The average molecular weight is 355 g/mol. The molecule has 5 nitrogen and oxygen atoms in total. The summed E-state index contributed by atoms with van der Waals surface area (Å²) in [5, 5.41) is 5.71. The summed E-state index contributed by atoms with van der Waals surface area (Å²) in [4.78, 5) is 29.1. The molecule has 1 heterocycles. The minimum Gasteiger partial charge on any atom is -0.321 e. The number of carbonyl (C=O) groups is 2. The van der Waals surface area contributed by atoms with Crippen molar-refractivity contribution < 1.29 is 14.0 Å². The predicted octanol–water partition coefficient (Wildman–Crippen LogP) is 4.10. The summed E-state index contributed by atoms with van der Waals surface area (Å²) in [6, 6.07) is 14.3. The zero-order chi connectivity index (χ0) is 17.8. The fourth-order valence-corrected chi connectivity index (χ4v) is 3.00. The van der Waals surface area contributed by atoms with E-state index < -0.39 is 11.7 Å². The highest BCUT2D eigenvalue weighted by molar-refractivity contribution is 7.17. The molecule has 3 rings (SSSR count). The largest absolute Gasteiger partial charge is 0.321 e. The molecule has 0 aliphatic carbocycles. The van der Waals surface area contributed by atoms with Gasteiger partial charge in [-0.15, -0.1) is 0 Å². The van der Waals surface area contributed by atoms with E-state index in [-0.39, 0.29) is 5.91 Å². The first-order valence-electron chi connectivity index (χ1n) is 7.43. The first-order chi connectivity index (χ1) is 12.0. The van der Waals surface area contributed by atoms with E-state index in [1.807, 2.05) is 18.2 Å². The van der Waals surface area contributed by atoms with Gasteiger partial charge < -0.3 is 5.32 Å². The van der Waals surface area contributed by atoms with Crippen molar-refractivity contribution in [1.82, 2.24) is 4.98 Å². The number of nitrogens with one attached hydrogen (secondary N) is 2. The van der Waals surface area contributed by atoms with Crippen LogP contribution in [-0.2, 0) is 0 Å². The average Bonchev–Trinajstić information content (AvgIpc) is 2.96. The molecular weight excluding hydrogens is 341 g/mol. The highest BCUT2D eigenvalue weighted by Gasteiger charge is 2.17. The van der Waals surface area contributed by atoms with Crippen molar-refractivity contribution in [2.75, 3.05) is 10.6 Å². The number of rotatable bonds is 4. The van der Waals surface area contributed by atoms with Crippen LogP contribution in [0.25, 0.3) is 0 Å². The fraction of sp³-hybridized carbons (Fsp3) is 0.0556. The Morgan fingerprint density at radius 1 is 0.960 bits per heavy atom. The topological polar surface area (TPSA) is 71.1 Å². The van der Waals surface area contributed by atoms with Crippen molar-refractivity contribution >= 4 is 34.0 Å². The van der Waals surface area contributed by atoms with Crippen LogP contribution in [-0.4, -0.2) is 16.8 Å². The third-order valence-corrected chi connectivity index (χ3v) is 4.43. The van der Waals surface area contributed by atoms with Crippen molar-refractivity contribution in [2.45, 2.75) is 6.92 Å². The van der Waals surface area contributed by atoms with E-state index >= 15 is 0 Å². The molecule has 2 amide bonds. The minimum atomic E-state index is -0.415. The van der Waals surface area contributed by atoms with Gasteiger partial charge in [0.05, 0.1) is 5.69 Å². The zero-order valence-corrected chi connectivity index (χ0v) is 14.1. The first-order valence-corrected chi connectivity index (χ1v) is 8.25. The Morgan fingerprint density at radius 3 is 2.32 bits per heavy atom. The van der Waals surface area contributed by atoms with Crippen LogP contribution in [0.5, 0.6) is 0 Å². The van der Waals surface area contributed by atoms with Gasteiger partial charge in [-0.1, -0.05) is 29.5 Å². The Kier molecular flexibility index (Phi) is 4.85. The van der Waals surface area contributed by atoms with Gasteiger partial charge in [-0.2, -0.15) is 0 Å². The second-order valence-electron chi connectivity index (χ2n) is 5.21. The van der Waals surface area contributed by atoms with Gasteiger partial charge in [-0.05, 0) is 43.3 Å². The summed E-state index contributed by atoms with van der Waals surface area (Å²) < 4.78 is 12.9. The Balaban J connectivity index is 1.72. The normalized spacial score (nSPS) is 10.3. The van der Waals surface area contributed by atoms with Crippen LogP contribution in [0.2, 0.25) is 0 Å². The lowest BCUT2D eigenvalue weighted by atomic mass is 10.2. The lowest BCUT2D eigenvalue weighted by Crippen LogP contribution is -2.11. The van der Waals surface area contributed by atoms with E-state index in [2.05, 4.69) is 15.6 Å². The Morgan fingerprint density at radius 2 is 1.64 bits per heavy atom. The van der Waals surface area contributed by atoms with Crippen LogP contribution in [0.15, 0.2) is 54.6 Å². The molecule has 126 valence electrons. The predicted molar refractivity (Wildman–Crippen MR) is 95.6 cm³/mol. The summed E-state index contributed by atoms with van der Waals surface area (Å²) in [5.74, 6) is -1.12. The van der Waals surface area contributed by atoms with Gasteiger partial charge in [0.2, 0.25) is 0 Å². The van der Waals surface area contributed by atoms with Gasteiger partial charge in [0, 0.05) is 11.3 Å². The van der Waals surface area contributed by atoms with Gasteiger partial charge in [0.1, 0.15) is 10.7 Å². The standard InChI is InChI=1S/C18H14FN3O2S/c1-11-15(17(24)21-14-5-3-2-4-6-14)25-18(20-11)22-16(23)12-7-9-13(19)10-8-12/h2-10H,1H3,(H,21,24)(H,20,22,23). The van der Waals surface area contributed by atoms with Gasteiger partial charge in [-0.3, -0.25) is 14.9 Å². The van der Waals surface area contributed by atoms with Crippen molar-refractivity contribution in [3.8, 4) is 0 Å². The third kappa shape index (κ3) is 4.07. The molecule has 0 atom stereocenters. The molecule has 3 aromatic rings. The molecule has 0 aliphatic heterocycles. The number of para-hydroxylation sites is 1. The maximum atomic E-state index is 12.9. The molecule has 1 aromatic heterocycles. The second-order valence-corrected chi connectivity index (χ2v) is 6.21. The van der Waals surface area contributed by atoms with E-state index in [0.717, 1.165) is 11.3 Å². The lowest BCUT2D eigenvalue weighted by Gasteiger charge is -2.03. The first kappa shape index (κ1) is 16.8. The quantitative estimate of drug-likeness (QED) is 0.740. The maximum absolute atomic E-state index is 12.9. The molecule has 0 bridgehead atoms. The van der Waals surface area contributed by atoms with Crippen molar-refractivity contribution in [2.24, 2.45) is 0 Å². The van der Waals surface area contributed by atoms with Crippen LogP contribution >= 0.6 is 11.3 Å². The number of aryl methyl sites for hydroxylation is 1. The molecule has 0 fully saturated rings. The van der Waals surface area contributed by atoms with Crippen molar-refractivity contribution in [3.63, 3.8) is 0 Å². The Labute approximate surface area is 147 Å². The van der Waals surface area contributed by atoms with Gasteiger partial charge in [0.25, 0.3) is 11.8 Å². The van der Waals surface area contributed by atoms with E-state index in [9.17, 15) is 14.0 Å². The number of thiazole rings is 1. The summed E-state index contributed by atoms with van der Waals surface area (Å²) in [7, 11) is 0. The zero-order valence-electron chi connectivity index (χ0n) is 13.2. The smallest absolute Gasteiger partial charge is 0.267 e. The van der Waals surface area contributed by atoms with Crippen LogP contribution < -0.4 is 10.6 Å². The molecule has 0 aliphatic rings. The van der Waals surface area contributed by atoms with Gasteiger partial charge >= 0.3 is 0 Å². The third-order valence-electron chi connectivity index (χ3n) is 3.36. The maximum Gasteiger partial charge on any atom is 0.267 e. The number of hydrogen-bond donors (Lipinski definition) is 2. The molecule has 0 radical (unpaired) electrons. The summed E-state index contributed by atoms with van der Waals surface area (Å²) in [5.41, 5.74) is 1.51. The van der Waals surface area contributed by atoms with E-state index in [4.69, 9.17) is 0 Å². The SMILES string of the molecule is Cc1nc(NC(=O)c2ccc(F)cc2)sc1C(=O)Nc1ccccc1. The monoisotopic (exact) mass is 355 g/mol. The van der Waals surface area contributed by atoms with E-state index in [0.29, 0.717) is 27.0 Å². The number of halogens is 1. The summed E-state index contributed by atoms with van der Waals surface area (Å²) in [6.07, 6.45) is 0. The molecule has 0 saturated carbocycles. The summed E-state index contributed by atoms with van der Waals surface area (Å²) >= 11 is 1.08. The molecule has 7 heteroatoms. The Hall–Kier alpha value is -3.06. The van der Waals surface area contributed by atoms with Gasteiger partial charge in [-0.25, -0.2) is 9.37 Å². The summed E-state index contributed by atoms with van der Waals surface area (Å²) in [6.45, 7) is 1.70. The molecule has 2 N–H and O–H groups in total. The number of carbonyl (C=O) groups excluding carboxylic acids is 2. The van der Waals surface area contributed by atoms with Crippen molar-refractivity contribution in [3.05, 3.63) is 76.5 Å². The van der Waals surface area contributed by atoms with Gasteiger partial charge in [0.15, 0.2) is 5.13 Å². The lowest BCUT2D eigenvalue weighted by molar-refractivity contribution is 0.102. The van der Waals surface area contributed by atoms with E-state index in [1.54, 1.807) is 19.1 Å². The molecule has 2 aromatic carbocycles. The number of aromatic nitrogens is 1. The second kappa shape index (κ2) is 7.23. The minimum absolute atomic E-state index is 0.288. The highest BCUT2D eigenvalue weighted by Crippen LogP contribution is 2.24. The number of benzene rings is 2. The molecule has 0 spiro atoms. The van der Waals surface area contributed by atoms with Crippen LogP contribution in [0.1, 0.15) is 25.7 Å². The molecule has 0 saturated heterocycles. The molecular formula is C18H14FN3O2S.